The maximum absolute atomic E-state index is 14.0. The molecule has 4 aromatic rings. The topological polar surface area (TPSA) is 74.3 Å². The number of halogens is 1. The second-order valence-electron chi connectivity index (χ2n) is 9.77. The number of hydrogen-bond acceptors (Lipinski definition) is 4. The van der Waals surface area contributed by atoms with Crippen molar-refractivity contribution >= 4 is 10.9 Å². The molecule has 0 spiro atoms. The molecule has 1 aliphatic rings. The lowest BCUT2D eigenvalue weighted by molar-refractivity contribution is 0.171. The van der Waals surface area contributed by atoms with E-state index in [4.69, 9.17) is 4.74 Å². The second kappa shape index (κ2) is 10.9. The van der Waals surface area contributed by atoms with E-state index in [9.17, 15) is 14.3 Å². The lowest BCUT2D eigenvalue weighted by Gasteiger charge is -2.19. The van der Waals surface area contributed by atoms with E-state index in [0.717, 1.165) is 25.7 Å². The third-order valence-corrected chi connectivity index (χ3v) is 7.41. The Balaban J connectivity index is 1.31. The number of aliphatic hydroxyl groups is 1. The highest BCUT2D eigenvalue weighted by Gasteiger charge is 2.24. The van der Waals surface area contributed by atoms with E-state index < -0.39 is 6.10 Å². The molecule has 0 fully saturated rings. The number of rotatable bonds is 9. The van der Waals surface area contributed by atoms with Crippen LogP contribution in [-0.2, 0) is 32.3 Å². The van der Waals surface area contributed by atoms with Crippen molar-refractivity contribution in [3.63, 3.8) is 0 Å². The Morgan fingerprint density at radius 2 is 1.70 bits per heavy atom. The van der Waals surface area contributed by atoms with Crippen LogP contribution in [0.25, 0.3) is 10.9 Å². The van der Waals surface area contributed by atoms with Gasteiger partial charge in [0, 0.05) is 29.6 Å². The number of ether oxygens (including phenoxy) is 1. The van der Waals surface area contributed by atoms with Crippen molar-refractivity contribution in [1.29, 1.82) is 0 Å². The fourth-order valence-corrected chi connectivity index (χ4v) is 5.40. The number of pyridine rings is 1. The molecular weight excluding hydrogens is 467 g/mol. The minimum absolute atomic E-state index is 0.0316. The molecule has 0 amide bonds. The molecule has 0 unspecified atom stereocenters. The summed E-state index contributed by atoms with van der Waals surface area (Å²) >= 11 is 0. The Bertz CT molecular complexity index is 1450. The molecule has 0 saturated carbocycles. The van der Waals surface area contributed by atoms with Crippen molar-refractivity contribution in [2.75, 3.05) is 6.54 Å². The number of aromatic nitrogens is 1. The average Bonchev–Trinajstić information content (AvgIpc) is 3.32. The largest absolute Gasteiger partial charge is 0.487 e. The first-order chi connectivity index (χ1) is 18.0. The molecule has 5 nitrogen and oxygen atoms in total. The summed E-state index contributed by atoms with van der Waals surface area (Å²) in [6.07, 6.45) is 3.23. The summed E-state index contributed by atoms with van der Waals surface area (Å²) in [5, 5.41) is 15.4. The fourth-order valence-electron chi connectivity index (χ4n) is 5.40. The summed E-state index contributed by atoms with van der Waals surface area (Å²) < 4.78 is 19.9. The SMILES string of the molecule is CCc1cc2c(cc1CC)CC(NC[C@H](O)c1ccc(OCc3ccccc3F)c3[nH]c(=O)ccc13)C2. The zero-order valence-electron chi connectivity index (χ0n) is 21.3. The molecule has 0 radical (unpaired) electrons. The van der Waals surface area contributed by atoms with Crippen molar-refractivity contribution in [3.05, 3.63) is 110 Å². The van der Waals surface area contributed by atoms with Gasteiger partial charge in [0.05, 0.1) is 11.6 Å². The van der Waals surface area contributed by atoms with E-state index in [1.807, 2.05) is 6.07 Å². The Labute approximate surface area is 216 Å². The van der Waals surface area contributed by atoms with Gasteiger partial charge in [0.25, 0.3) is 0 Å². The minimum Gasteiger partial charge on any atom is -0.487 e. The zero-order valence-corrected chi connectivity index (χ0v) is 21.3. The maximum atomic E-state index is 14.0. The molecule has 0 saturated heterocycles. The van der Waals surface area contributed by atoms with E-state index in [1.54, 1.807) is 30.3 Å². The predicted molar refractivity (Wildman–Crippen MR) is 145 cm³/mol. The Morgan fingerprint density at radius 1 is 1.00 bits per heavy atom. The summed E-state index contributed by atoms with van der Waals surface area (Å²) in [7, 11) is 0. The van der Waals surface area contributed by atoms with Crippen LogP contribution in [0.4, 0.5) is 4.39 Å². The van der Waals surface area contributed by atoms with E-state index in [1.165, 1.54) is 34.4 Å². The standard InChI is InChI=1S/C31H33FN2O3/c1-3-19-13-22-15-24(16-23(22)14-20(19)4-2)33-17-28(35)25-9-11-29(31-26(25)10-12-30(36)34-31)37-18-21-7-5-6-8-27(21)32/h5-14,24,28,33,35H,3-4,15-18H2,1-2H3,(H,34,36)/t28-/m0/s1. The molecule has 0 bridgehead atoms. The lowest BCUT2D eigenvalue weighted by Crippen LogP contribution is -2.33. The van der Waals surface area contributed by atoms with Crippen LogP contribution >= 0.6 is 0 Å². The fraction of sp³-hybridized carbons (Fsp3) is 0.323. The summed E-state index contributed by atoms with van der Waals surface area (Å²) in [5.74, 6) is 0.0916. The number of H-pyrrole nitrogens is 1. The van der Waals surface area contributed by atoms with E-state index in [0.29, 0.717) is 34.3 Å². The van der Waals surface area contributed by atoms with Gasteiger partial charge < -0.3 is 20.1 Å². The number of fused-ring (bicyclic) bond motifs is 2. The normalized spacial score (nSPS) is 14.2. The Hall–Kier alpha value is -3.48. The molecule has 3 N–H and O–H groups in total. The van der Waals surface area contributed by atoms with Gasteiger partial charge in [0.2, 0.25) is 5.56 Å². The molecular formula is C31H33FN2O3. The van der Waals surface area contributed by atoms with E-state index in [-0.39, 0.29) is 24.0 Å². The van der Waals surface area contributed by atoms with Gasteiger partial charge in [-0.15, -0.1) is 0 Å². The van der Waals surface area contributed by atoms with Gasteiger partial charge in [-0.1, -0.05) is 50.2 Å². The van der Waals surface area contributed by atoms with Crippen LogP contribution in [0.1, 0.15) is 53.3 Å². The third kappa shape index (κ3) is 5.31. The summed E-state index contributed by atoms with van der Waals surface area (Å²) in [6.45, 7) is 4.83. The van der Waals surface area contributed by atoms with Crippen LogP contribution < -0.4 is 15.6 Å². The monoisotopic (exact) mass is 500 g/mol. The molecule has 3 aromatic carbocycles. The van der Waals surface area contributed by atoms with Crippen molar-refractivity contribution in [2.24, 2.45) is 0 Å². The van der Waals surface area contributed by atoms with Crippen LogP contribution in [0.15, 0.2) is 65.5 Å². The molecule has 1 aliphatic carbocycles. The van der Waals surface area contributed by atoms with Gasteiger partial charge in [-0.2, -0.15) is 0 Å². The summed E-state index contributed by atoms with van der Waals surface area (Å²) in [4.78, 5) is 14.9. The molecule has 0 aliphatic heterocycles. The maximum Gasteiger partial charge on any atom is 0.248 e. The van der Waals surface area contributed by atoms with Crippen molar-refractivity contribution in [2.45, 2.75) is 58.3 Å². The van der Waals surface area contributed by atoms with E-state index in [2.05, 4.69) is 36.3 Å². The zero-order chi connectivity index (χ0) is 25.9. The summed E-state index contributed by atoms with van der Waals surface area (Å²) in [5.41, 5.74) is 7.02. The van der Waals surface area contributed by atoms with Gasteiger partial charge in [-0.3, -0.25) is 4.79 Å². The Kier molecular flexibility index (Phi) is 7.40. The van der Waals surface area contributed by atoms with Gasteiger partial charge in [0.1, 0.15) is 18.2 Å². The van der Waals surface area contributed by atoms with Crippen molar-refractivity contribution < 1.29 is 14.2 Å². The average molecular weight is 501 g/mol. The molecule has 5 rings (SSSR count). The quantitative estimate of drug-likeness (QED) is 0.297. The Morgan fingerprint density at radius 3 is 2.38 bits per heavy atom. The van der Waals surface area contributed by atoms with Crippen LogP contribution in [0.5, 0.6) is 5.75 Å². The first kappa shape index (κ1) is 25.2. The number of aryl methyl sites for hydroxylation is 2. The first-order valence-corrected chi connectivity index (χ1v) is 13.0. The number of hydrogen-bond donors (Lipinski definition) is 3. The number of benzene rings is 3. The number of nitrogens with one attached hydrogen (secondary N) is 2. The highest BCUT2D eigenvalue weighted by atomic mass is 19.1. The van der Waals surface area contributed by atoms with E-state index >= 15 is 0 Å². The van der Waals surface area contributed by atoms with Crippen molar-refractivity contribution in [3.8, 4) is 5.75 Å². The predicted octanol–water partition coefficient (Wildman–Crippen LogP) is 5.16. The van der Waals surface area contributed by atoms with Gasteiger partial charge in [-0.05, 0) is 71.7 Å². The van der Waals surface area contributed by atoms with Crippen LogP contribution in [0.3, 0.4) is 0 Å². The molecule has 1 atom stereocenters. The van der Waals surface area contributed by atoms with Crippen molar-refractivity contribution in [1.82, 2.24) is 10.3 Å². The highest BCUT2D eigenvalue weighted by molar-refractivity contribution is 5.87. The minimum atomic E-state index is -0.768. The van der Waals surface area contributed by atoms with Crippen LogP contribution in [0, 0.1) is 5.82 Å². The molecule has 1 heterocycles. The molecule has 1 aromatic heterocycles. The smallest absolute Gasteiger partial charge is 0.248 e. The second-order valence-corrected chi connectivity index (χ2v) is 9.77. The highest BCUT2D eigenvalue weighted by Crippen LogP contribution is 2.31. The number of aromatic amines is 1. The molecule has 192 valence electrons. The lowest BCUT2D eigenvalue weighted by atomic mass is 9.97. The van der Waals surface area contributed by atoms with Crippen LogP contribution in [0.2, 0.25) is 0 Å². The van der Waals surface area contributed by atoms with Crippen LogP contribution in [-0.4, -0.2) is 22.7 Å². The molecule has 37 heavy (non-hydrogen) atoms. The van der Waals surface area contributed by atoms with Gasteiger partial charge in [0.15, 0.2) is 0 Å². The third-order valence-electron chi connectivity index (χ3n) is 7.41. The van der Waals surface area contributed by atoms with Gasteiger partial charge >= 0.3 is 0 Å². The van der Waals surface area contributed by atoms with Gasteiger partial charge in [-0.25, -0.2) is 4.39 Å². The summed E-state index contributed by atoms with van der Waals surface area (Å²) in [6, 6.07) is 18.1. The number of aliphatic hydroxyl groups excluding tert-OH is 1. The molecule has 6 heteroatoms. The first-order valence-electron chi connectivity index (χ1n) is 13.0.